The number of hydrogen-bond donors (Lipinski definition) is 2. The van der Waals surface area contributed by atoms with E-state index in [0.717, 1.165) is 25.7 Å². The van der Waals surface area contributed by atoms with E-state index >= 15 is 0 Å². The number of nitrogens with zero attached hydrogens (tertiary/aromatic N) is 1. The molecule has 1 fully saturated rings. The molecular weight excluding hydrogens is 220 g/mol. The molecule has 3 N–H and O–H groups in total. The maximum absolute atomic E-state index is 11.5. The van der Waals surface area contributed by atoms with Crippen LogP contribution in [0.4, 0.5) is 0 Å². The van der Waals surface area contributed by atoms with Crippen molar-refractivity contribution in [3.8, 4) is 0 Å². The number of carbonyl (C=O) groups is 2. The maximum Gasteiger partial charge on any atom is 0.333 e. The van der Waals surface area contributed by atoms with Crippen LogP contribution in [0.3, 0.4) is 0 Å². The molecule has 1 aliphatic rings. The van der Waals surface area contributed by atoms with Crippen LogP contribution in [-0.4, -0.2) is 41.0 Å². The monoisotopic (exact) mass is 242 g/mol. The third-order valence-electron chi connectivity index (χ3n) is 3.75. The van der Waals surface area contributed by atoms with E-state index in [2.05, 4.69) is 6.92 Å². The lowest BCUT2D eigenvalue weighted by molar-refractivity contribution is -0.154. The van der Waals surface area contributed by atoms with Crippen molar-refractivity contribution in [1.82, 2.24) is 4.90 Å². The Balaban J connectivity index is 2.70. The van der Waals surface area contributed by atoms with Gasteiger partial charge in [-0.2, -0.15) is 0 Å². The third-order valence-corrected chi connectivity index (χ3v) is 3.75. The van der Waals surface area contributed by atoms with Crippen LogP contribution in [0.25, 0.3) is 0 Å². The van der Waals surface area contributed by atoms with E-state index in [1.54, 1.807) is 11.9 Å². The van der Waals surface area contributed by atoms with Crippen LogP contribution in [0, 0.1) is 5.92 Å². The SMILES string of the molecule is CCCCCC1CN(C)C(C(N)=O)(C(=O)O)C1. The lowest BCUT2D eigenvalue weighted by Crippen LogP contribution is -2.58. The highest BCUT2D eigenvalue weighted by Crippen LogP contribution is 2.34. The zero-order valence-electron chi connectivity index (χ0n) is 10.6. The van der Waals surface area contributed by atoms with Crippen molar-refractivity contribution in [2.45, 2.75) is 44.6 Å². The Kier molecular flexibility index (Phi) is 4.51. The van der Waals surface area contributed by atoms with E-state index in [-0.39, 0.29) is 5.92 Å². The fourth-order valence-corrected chi connectivity index (χ4v) is 2.70. The Morgan fingerprint density at radius 3 is 2.53 bits per heavy atom. The summed E-state index contributed by atoms with van der Waals surface area (Å²) in [4.78, 5) is 24.4. The first kappa shape index (κ1) is 14.0. The molecule has 5 heteroatoms. The number of aliphatic carboxylic acids is 1. The molecule has 1 saturated heterocycles. The minimum Gasteiger partial charge on any atom is -0.479 e. The molecule has 1 aliphatic heterocycles. The molecule has 0 aliphatic carbocycles. The first-order chi connectivity index (χ1) is 7.95. The van der Waals surface area contributed by atoms with Gasteiger partial charge in [0.2, 0.25) is 5.91 Å². The maximum atomic E-state index is 11.5. The standard InChI is InChI=1S/C12H22N2O3/c1-3-4-5-6-9-7-12(10(13)15,11(16)17)14(2)8-9/h9H,3-8H2,1-2H3,(H2,13,15)(H,16,17). The number of rotatable bonds is 6. The summed E-state index contributed by atoms with van der Waals surface area (Å²) in [7, 11) is 1.67. The predicted molar refractivity (Wildman–Crippen MR) is 64.4 cm³/mol. The molecule has 0 aromatic rings. The Labute approximate surface area is 102 Å². The average molecular weight is 242 g/mol. The molecule has 17 heavy (non-hydrogen) atoms. The highest BCUT2D eigenvalue weighted by atomic mass is 16.4. The number of carboxylic acids is 1. The molecule has 1 amide bonds. The van der Waals surface area contributed by atoms with Crippen LogP contribution >= 0.6 is 0 Å². The molecule has 1 heterocycles. The van der Waals surface area contributed by atoms with Gasteiger partial charge in [-0.1, -0.05) is 26.2 Å². The molecule has 2 atom stereocenters. The molecular formula is C12H22N2O3. The summed E-state index contributed by atoms with van der Waals surface area (Å²) in [6, 6.07) is 0. The van der Waals surface area contributed by atoms with E-state index in [1.165, 1.54) is 0 Å². The smallest absolute Gasteiger partial charge is 0.333 e. The molecule has 98 valence electrons. The van der Waals surface area contributed by atoms with E-state index in [4.69, 9.17) is 5.73 Å². The third kappa shape index (κ3) is 2.60. The Morgan fingerprint density at radius 2 is 2.12 bits per heavy atom. The van der Waals surface area contributed by atoms with Gasteiger partial charge in [0, 0.05) is 6.54 Å². The summed E-state index contributed by atoms with van der Waals surface area (Å²) in [6.07, 6.45) is 4.70. The highest BCUT2D eigenvalue weighted by Gasteiger charge is 2.54. The summed E-state index contributed by atoms with van der Waals surface area (Å²) >= 11 is 0. The van der Waals surface area contributed by atoms with Gasteiger partial charge in [0.1, 0.15) is 0 Å². The number of likely N-dealkylation sites (tertiary alicyclic amines) is 1. The second-order valence-electron chi connectivity index (χ2n) is 4.98. The first-order valence-corrected chi connectivity index (χ1v) is 6.19. The molecule has 2 unspecified atom stereocenters. The number of likely N-dealkylation sites (N-methyl/N-ethyl adjacent to an activating group) is 1. The van der Waals surface area contributed by atoms with Crippen molar-refractivity contribution in [1.29, 1.82) is 0 Å². The van der Waals surface area contributed by atoms with Gasteiger partial charge in [0.25, 0.3) is 0 Å². The number of nitrogens with two attached hydrogens (primary N) is 1. The zero-order valence-corrected chi connectivity index (χ0v) is 10.6. The van der Waals surface area contributed by atoms with Gasteiger partial charge in [-0.3, -0.25) is 9.69 Å². The predicted octanol–water partition coefficient (Wildman–Crippen LogP) is 0.827. The van der Waals surface area contributed by atoms with E-state index in [9.17, 15) is 14.7 Å². The largest absolute Gasteiger partial charge is 0.479 e. The van der Waals surface area contributed by atoms with Crippen LogP contribution in [0.5, 0.6) is 0 Å². The number of primary amides is 1. The molecule has 0 aromatic carbocycles. The molecule has 0 bridgehead atoms. The quantitative estimate of drug-likeness (QED) is 0.533. The van der Waals surface area contributed by atoms with E-state index in [1.807, 2.05) is 0 Å². The van der Waals surface area contributed by atoms with Crippen LogP contribution in [-0.2, 0) is 9.59 Å². The van der Waals surface area contributed by atoms with Gasteiger partial charge in [0.05, 0.1) is 0 Å². The first-order valence-electron chi connectivity index (χ1n) is 6.19. The second kappa shape index (κ2) is 5.49. The molecule has 0 spiro atoms. The van der Waals surface area contributed by atoms with Gasteiger partial charge in [-0.05, 0) is 25.8 Å². The summed E-state index contributed by atoms with van der Waals surface area (Å²) in [6.45, 7) is 2.77. The summed E-state index contributed by atoms with van der Waals surface area (Å²) in [5.41, 5.74) is 3.79. The van der Waals surface area contributed by atoms with E-state index in [0.29, 0.717) is 13.0 Å². The van der Waals surface area contributed by atoms with Crippen molar-refractivity contribution in [3.63, 3.8) is 0 Å². The molecule has 0 saturated carbocycles. The number of unbranched alkanes of at least 4 members (excludes halogenated alkanes) is 2. The van der Waals surface area contributed by atoms with Gasteiger partial charge in [-0.25, -0.2) is 4.79 Å². The van der Waals surface area contributed by atoms with Crippen LogP contribution in [0.1, 0.15) is 39.0 Å². The summed E-state index contributed by atoms with van der Waals surface area (Å²) in [5.74, 6) is -1.61. The molecule has 5 nitrogen and oxygen atoms in total. The van der Waals surface area contributed by atoms with Gasteiger partial charge in [0.15, 0.2) is 5.54 Å². The van der Waals surface area contributed by atoms with Crippen molar-refractivity contribution >= 4 is 11.9 Å². The molecule has 0 aromatic heterocycles. The summed E-state index contributed by atoms with van der Waals surface area (Å²) in [5, 5.41) is 9.25. The molecule has 1 rings (SSSR count). The Morgan fingerprint density at radius 1 is 1.47 bits per heavy atom. The van der Waals surface area contributed by atoms with E-state index < -0.39 is 17.4 Å². The zero-order chi connectivity index (χ0) is 13.1. The van der Waals surface area contributed by atoms with Gasteiger partial charge in [-0.15, -0.1) is 0 Å². The van der Waals surface area contributed by atoms with Crippen molar-refractivity contribution in [2.75, 3.05) is 13.6 Å². The average Bonchev–Trinajstić information content (AvgIpc) is 2.57. The number of hydrogen-bond acceptors (Lipinski definition) is 3. The fourth-order valence-electron chi connectivity index (χ4n) is 2.70. The minimum atomic E-state index is -1.49. The highest BCUT2D eigenvalue weighted by molar-refractivity contribution is 6.06. The Hall–Kier alpha value is -1.10. The lowest BCUT2D eigenvalue weighted by atomic mass is 9.89. The minimum absolute atomic E-state index is 0.259. The van der Waals surface area contributed by atoms with Crippen molar-refractivity contribution < 1.29 is 14.7 Å². The fraction of sp³-hybridized carbons (Fsp3) is 0.833. The van der Waals surface area contributed by atoms with Gasteiger partial charge >= 0.3 is 5.97 Å². The lowest BCUT2D eigenvalue weighted by Gasteiger charge is -2.27. The number of amides is 1. The van der Waals surface area contributed by atoms with Gasteiger partial charge < -0.3 is 10.8 Å². The summed E-state index contributed by atoms with van der Waals surface area (Å²) < 4.78 is 0. The second-order valence-corrected chi connectivity index (χ2v) is 4.98. The van der Waals surface area contributed by atoms with Crippen molar-refractivity contribution in [3.05, 3.63) is 0 Å². The van der Waals surface area contributed by atoms with Crippen molar-refractivity contribution in [2.24, 2.45) is 11.7 Å². The Bertz CT molecular complexity index is 290. The van der Waals surface area contributed by atoms with Crippen LogP contribution < -0.4 is 5.73 Å². The van der Waals surface area contributed by atoms with Crippen LogP contribution in [0.15, 0.2) is 0 Å². The topological polar surface area (TPSA) is 83.6 Å². The number of carboxylic acid groups (broad SMARTS) is 1. The van der Waals surface area contributed by atoms with Crippen LogP contribution in [0.2, 0.25) is 0 Å². The molecule has 0 radical (unpaired) electrons. The normalized spacial score (nSPS) is 29.4. The number of carbonyl (C=O) groups excluding carboxylic acids is 1.